The lowest BCUT2D eigenvalue weighted by Gasteiger charge is -2.12. The lowest BCUT2D eigenvalue weighted by molar-refractivity contribution is 0.0691. The van der Waals surface area contributed by atoms with E-state index in [9.17, 15) is 9.90 Å². The molecule has 0 amide bonds. The van der Waals surface area contributed by atoms with E-state index >= 15 is 0 Å². The van der Waals surface area contributed by atoms with Gasteiger partial charge in [0.05, 0.1) is 23.3 Å². The Labute approximate surface area is 143 Å². The van der Waals surface area contributed by atoms with Crippen LogP contribution in [-0.4, -0.2) is 23.2 Å². The standard InChI is InChI=1S/C18H15ClN2O3/c1-10-3-5-14-12(7-10)15(9-16(21-14)18(22)23)20-11-4-6-17(24-2)13(19)8-11/h3-9H,1-2H3,(H,20,21)(H,22,23). The minimum absolute atomic E-state index is 0.0199. The van der Waals surface area contributed by atoms with Crippen LogP contribution in [0, 0.1) is 6.92 Å². The second-order valence-corrected chi connectivity index (χ2v) is 5.76. The summed E-state index contributed by atoms with van der Waals surface area (Å²) in [7, 11) is 1.55. The third-order valence-electron chi connectivity index (χ3n) is 3.61. The Hall–Kier alpha value is -2.79. The Bertz CT molecular complexity index is 941. The number of nitrogens with one attached hydrogen (secondary N) is 1. The van der Waals surface area contributed by atoms with Gasteiger partial charge in [-0.2, -0.15) is 0 Å². The molecule has 2 aromatic carbocycles. The predicted molar refractivity (Wildman–Crippen MR) is 94.7 cm³/mol. The highest BCUT2D eigenvalue weighted by Gasteiger charge is 2.12. The molecule has 3 rings (SSSR count). The number of aryl methyl sites for hydroxylation is 1. The molecule has 1 aromatic heterocycles. The molecule has 0 fully saturated rings. The highest BCUT2D eigenvalue weighted by atomic mass is 35.5. The minimum atomic E-state index is -1.08. The van der Waals surface area contributed by atoms with Crippen LogP contribution in [0.2, 0.25) is 5.02 Å². The van der Waals surface area contributed by atoms with Crippen LogP contribution >= 0.6 is 11.6 Å². The van der Waals surface area contributed by atoms with Crippen LogP contribution in [0.25, 0.3) is 10.9 Å². The molecule has 0 spiro atoms. The first-order valence-electron chi connectivity index (χ1n) is 7.23. The molecule has 6 heteroatoms. The molecule has 2 N–H and O–H groups in total. The molecule has 0 radical (unpaired) electrons. The molecule has 0 atom stereocenters. The first-order valence-corrected chi connectivity index (χ1v) is 7.61. The fraction of sp³-hybridized carbons (Fsp3) is 0.111. The van der Waals surface area contributed by atoms with Gasteiger partial charge in [-0.05, 0) is 43.3 Å². The molecular formula is C18H15ClN2O3. The van der Waals surface area contributed by atoms with Gasteiger partial charge in [0, 0.05) is 11.1 Å². The largest absolute Gasteiger partial charge is 0.495 e. The molecule has 0 aliphatic rings. The Morgan fingerprint density at radius 3 is 2.67 bits per heavy atom. The minimum Gasteiger partial charge on any atom is -0.495 e. The van der Waals surface area contributed by atoms with Gasteiger partial charge in [0.15, 0.2) is 5.69 Å². The number of halogens is 1. The fourth-order valence-corrected chi connectivity index (χ4v) is 2.71. The molecule has 0 bridgehead atoms. The number of pyridine rings is 1. The van der Waals surface area contributed by atoms with Crippen LogP contribution < -0.4 is 10.1 Å². The first-order chi connectivity index (χ1) is 11.5. The van der Waals surface area contributed by atoms with E-state index < -0.39 is 5.97 Å². The third-order valence-corrected chi connectivity index (χ3v) is 3.91. The van der Waals surface area contributed by atoms with E-state index in [1.807, 2.05) is 31.2 Å². The van der Waals surface area contributed by atoms with Gasteiger partial charge < -0.3 is 15.2 Å². The number of hydrogen-bond acceptors (Lipinski definition) is 4. The van der Waals surface area contributed by atoms with Crippen LogP contribution in [-0.2, 0) is 0 Å². The van der Waals surface area contributed by atoms with Crippen molar-refractivity contribution in [3.8, 4) is 5.75 Å². The number of anilines is 2. The van der Waals surface area contributed by atoms with Gasteiger partial charge in [-0.3, -0.25) is 0 Å². The van der Waals surface area contributed by atoms with Gasteiger partial charge >= 0.3 is 5.97 Å². The highest BCUT2D eigenvalue weighted by molar-refractivity contribution is 6.32. The molecule has 0 unspecified atom stereocenters. The van der Waals surface area contributed by atoms with E-state index in [2.05, 4.69) is 10.3 Å². The van der Waals surface area contributed by atoms with Crippen LogP contribution in [0.4, 0.5) is 11.4 Å². The van der Waals surface area contributed by atoms with Crippen molar-refractivity contribution in [2.75, 3.05) is 12.4 Å². The Kier molecular flexibility index (Phi) is 4.27. The van der Waals surface area contributed by atoms with Crippen LogP contribution in [0.3, 0.4) is 0 Å². The van der Waals surface area contributed by atoms with Gasteiger partial charge in [-0.25, -0.2) is 9.78 Å². The molecule has 1 heterocycles. The zero-order chi connectivity index (χ0) is 17.3. The van der Waals surface area contributed by atoms with Crippen molar-refractivity contribution in [3.63, 3.8) is 0 Å². The van der Waals surface area contributed by atoms with Gasteiger partial charge in [-0.1, -0.05) is 23.2 Å². The number of carboxylic acids is 1. The van der Waals surface area contributed by atoms with E-state index in [-0.39, 0.29) is 5.69 Å². The number of aromatic carboxylic acids is 1. The number of methoxy groups -OCH3 is 1. The number of fused-ring (bicyclic) bond motifs is 1. The van der Waals surface area contributed by atoms with E-state index in [0.717, 1.165) is 16.6 Å². The molecule has 0 saturated heterocycles. The van der Waals surface area contributed by atoms with Crippen molar-refractivity contribution in [1.82, 2.24) is 4.98 Å². The summed E-state index contributed by atoms with van der Waals surface area (Å²) in [5.74, 6) is -0.503. The third kappa shape index (κ3) is 3.12. The monoisotopic (exact) mass is 342 g/mol. The molecule has 24 heavy (non-hydrogen) atoms. The van der Waals surface area contributed by atoms with Crippen LogP contribution in [0.5, 0.6) is 5.75 Å². The quantitative estimate of drug-likeness (QED) is 0.722. The lowest BCUT2D eigenvalue weighted by Crippen LogP contribution is -2.03. The molecule has 0 saturated carbocycles. The van der Waals surface area contributed by atoms with Crippen molar-refractivity contribution >= 4 is 39.8 Å². The molecule has 0 aliphatic heterocycles. The van der Waals surface area contributed by atoms with Crippen LogP contribution in [0.15, 0.2) is 42.5 Å². The molecule has 0 aliphatic carbocycles. The van der Waals surface area contributed by atoms with Crippen molar-refractivity contribution in [2.24, 2.45) is 0 Å². The summed E-state index contributed by atoms with van der Waals surface area (Å²) in [6.45, 7) is 1.97. The topological polar surface area (TPSA) is 71.5 Å². The van der Waals surface area contributed by atoms with Crippen LogP contribution in [0.1, 0.15) is 16.1 Å². The lowest BCUT2D eigenvalue weighted by atomic mass is 10.1. The zero-order valence-electron chi connectivity index (χ0n) is 13.1. The van der Waals surface area contributed by atoms with Gasteiger partial charge in [0.1, 0.15) is 5.75 Å². The number of rotatable bonds is 4. The number of hydrogen-bond donors (Lipinski definition) is 2. The van der Waals surface area contributed by atoms with Gasteiger partial charge in [0.2, 0.25) is 0 Å². The number of ether oxygens (including phenoxy) is 1. The van der Waals surface area contributed by atoms with E-state index in [1.165, 1.54) is 6.07 Å². The zero-order valence-corrected chi connectivity index (χ0v) is 13.9. The Morgan fingerprint density at radius 2 is 2.00 bits per heavy atom. The number of aromatic nitrogens is 1. The van der Waals surface area contributed by atoms with E-state index in [1.54, 1.807) is 19.2 Å². The van der Waals surface area contributed by atoms with Gasteiger partial charge in [-0.15, -0.1) is 0 Å². The number of carbonyl (C=O) groups is 1. The molecule has 122 valence electrons. The maximum atomic E-state index is 11.3. The number of nitrogens with zero attached hydrogens (tertiary/aromatic N) is 1. The number of benzene rings is 2. The van der Waals surface area contributed by atoms with Crippen molar-refractivity contribution < 1.29 is 14.6 Å². The smallest absolute Gasteiger partial charge is 0.354 e. The normalized spacial score (nSPS) is 10.6. The average molecular weight is 343 g/mol. The summed E-state index contributed by atoms with van der Waals surface area (Å²) in [4.78, 5) is 15.5. The highest BCUT2D eigenvalue weighted by Crippen LogP contribution is 2.31. The maximum absolute atomic E-state index is 11.3. The molecule has 3 aromatic rings. The predicted octanol–water partition coefficient (Wildman–Crippen LogP) is 4.65. The first kappa shape index (κ1) is 16.1. The van der Waals surface area contributed by atoms with Crippen molar-refractivity contribution in [1.29, 1.82) is 0 Å². The summed E-state index contributed by atoms with van der Waals surface area (Å²) < 4.78 is 5.14. The maximum Gasteiger partial charge on any atom is 0.354 e. The average Bonchev–Trinajstić information content (AvgIpc) is 2.55. The summed E-state index contributed by atoms with van der Waals surface area (Å²) >= 11 is 6.15. The van der Waals surface area contributed by atoms with Gasteiger partial charge in [0.25, 0.3) is 0 Å². The summed E-state index contributed by atoms with van der Waals surface area (Å²) in [5, 5.41) is 13.8. The summed E-state index contributed by atoms with van der Waals surface area (Å²) in [6, 6.07) is 12.5. The second kappa shape index (κ2) is 6.37. The van der Waals surface area contributed by atoms with E-state index in [0.29, 0.717) is 22.0 Å². The van der Waals surface area contributed by atoms with E-state index in [4.69, 9.17) is 16.3 Å². The molecule has 5 nitrogen and oxygen atoms in total. The second-order valence-electron chi connectivity index (χ2n) is 5.36. The fourth-order valence-electron chi connectivity index (χ4n) is 2.45. The Morgan fingerprint density at radius 1 is 1.21 bits per heavy atom. The Balaban J connectivity index is 2.11. The number of carboxylic acid groups (broad SMARTS) is 1. The SMILES string of the molecule is COc1ccc(Nc2cc(C(=O)O)nc3ccc(C)cc23)cc1Cl. The molecular weight excluding hydrogens is 328 g/mol. The summed E-state index contributed by atoms with van der Waals surface area (Å²) in [5.41, 5.74) is 3.03. The van der Waals surface area contributed by atoms with Crippen molar-refractivity contribution in [3.05, 3.63) is 58.7 Å². The van der Waals surface area contributed by atoms with Crippen molar-refractivity contribution in [2.45, 2.75) is 6.92 Å². The summed E-state index contributed by atoms with van der Waals surface area (Å²) in [6.07, 6.45) is 0.